The van der Waals surface area contributed by atoms with Gasteiger partial charge in [-0.2, -0.15) is 0 Å². The maximum Gasteiger partial charge on any atom is 0.129 e. The van der Waals surface area contributed by atoms with Crippen LogP contribution in [0, 0.1) is 32.8 Å². The van der Waals surface area contributed by atoms with Crippen molar-refractivity contribution in [3.8, 4) is 44.8 Å². The molecule has 0 fully saturated rings. The Morgan fingerprint density at radius 2 is 1.53 bits per heavy atom. The second-order valence-electron chi connectivity index (χ2n) is 12.0. The summed E-state index contributed by atoms with van der Waals surface area (Å²) in [4.78, 5) is 13.2. The van der Waals surface area contributed by atoms with Gasteiger partial charge in [0.25, 0.3) is 0 Å². The third-order valence-electron chi connectivity index (χ3n) is 8.74. The number of fused-ring (bicyclic) bond motifs is 4. The molecule has 4 heterocycles. The normalized spacial score (nSPS) is 13.1. The van der Waals surface area contributed by atoms with E-state index in [1.165, 1.54) is 30.0 Å². The van der Waals surface area contributed by atoms with Gasteiger partial charge in [-0.15, -0.1) is 53.6 Å². The van der Waals surface area contributed by atoms with E-state index < -0.39 is 13.7 Å². The Balaban J connectivity index is 0.000000202. The van der Waals surface area contributed by atoms with Gasteiger partial charge >= 0.3 is 0 Å². The first-order valence-electron chi connectivity index (χ1n) is 19.2. The molecule has 4 nitrogen and oxygen atoms in total. The Bertz CT molecular complexity index is 2780. The van der Waals surface area contributed by atoms with Gasteiger partial charge in [-0.1, -0.05) is 96.7 Å². The summed E-state index contributed by atoms with van der Waals surface area (Å²) in [6, 6.07) is 45.1. The first-order chi connectivity index (χ1) is 27.0. The number of benzene rings is 5. The van der Waals surface area contributed by atoms with E-state index in [9.17, 15) is 0 Å². The van der Waals surface area contributed by atoms with Gasteiger partial charge in [-0.25, -0.2) is 0 Å². The van der Waals surface area contributed by atoms with Crippen LogP contribution in [0.5, 0.6) is 0 Å². The Morgan fingerprint density at radius 1 is 0.647 bits per heavy atom. The van der Waals surface area contributed by atoms with Crippen molar-refractivity contribution in [1.82, 2.24) is 15.0 Å². The van der Waals surface area contributed by atoms with E-state index >= 15 is 0 Å². The monoisotopic (exact) mass is 842 g/mol. The SMILES string of the molecule is Cc1ccc(-c2cccc3ccncc23)c2oc3c(-c4cc(-c5ccccc5)ccn4)[c-]ccc3c12.[2H]C([2H])([2H])c1c[c-]c(-c2ccc(C([2H])([2H])[2H])cn2)cc1.[Ir]. The van der Waals surface area contributed by atoms with E-state index in [2.05, 4.69) is 95.8 Å². The number of aryl methyl sites for hydroxylation is 3. The molecular weight excluding hydrogens is 803 g/mol. The fourth-order valence-electron chi connectivity index (χ4n) is 6.28. The zero-order valence-electron chi connectivity index (χ0n) is 33.4. The smallest absolute Gasteiger partial charge is 0.129 e. The van der Waals surface area contributed by atoms with Gasteiger partial charge < -0.3 is 14.4 Å². The minimum atomic E-state index is -2.18. The van der Waals surface area contributed by atoms with E-state index in [0.29, 0.717) is 11.3 Å². The predicted octanol–water partition coefficient (Wildman–Crippen LogP) is 11.8. The van der Waals surface area contributed by atoms with Gasteiger partial charge in [0.15, 0.2) is 0 Å². The van der Waals surface area contributed by atoms with Crippen LogP contribution in [0.15, 0.2) is 151 Å². The summed E-state index contributed by atoms with van der Waals surface area (Å²) in [5.74, 6) is 0. The molecule has 5 aromatic carbocycles. The standard InChI is InChI=1S/C33H21N2O.C13H12N.Ir/c1-21-13-14-26(25-10-5-9-23-15-17-34-20-29(23)25)33-31(21)28-12-6-11-27(32(28)36-33)30-19-24(16-18-35-30)22-7-3-2-4-8-22;1-10-3-6-12(7-4-10)13-8-5-11(2)9-14-13;/h2-10,12-20H,1H3;3-6,8-9H,1-2H3;/q2*-1;/i;1D3,2D3;. The molecule has 0 aliphatic carbocycles. The molecule has 0 saturated heterocycles. The molecule has 0 aliphatic heterocycles. The minimum absolute atomic E-state index is 0. The van der Waals surface area contributed by atoms with Gasteiger partial charge in [0.1, 0.15) is 5.58 Å². The molecule has 0 unspecified atom stereocenters. The third-order valence-corrected chi connectivity index (χ3v) is 8.74. The molecule has 0 amide bonds. The van der Waals surface area contributed by atoms with E-state index in [0.717, 1.165) is 66.2 Å². The Kier molecular flexibility index (Phi) is 7.75. The van der Waals surface area contributed by atoms with Crippen molar-refractivity contribution < 1.29 is 32.7 Å². The van der Waals surface area contributed by atoms with Gasteiger partial charge in [0, 0.05) is 69.5 Å². The first kappa shape index (κ1) is 27.0. The molecule has 0 aliphatic rings. The summed E-state index contributed by atoms with van der Waals surface area (Å²) in [6.45, 7) is -2.20. The number of hydrogen-bond acceptors (Lipinski definition) is 4. The number of hydrogen-bond donors (Lipinski definition) is 0. The summed E-state index contributed by atoms with van der Waals surface area (Å²) >= 11 is 0. The van der Waals surface area contributed by atoms with Gasteiger partial charge in [0.2, 0.25) is 0 Å². The Morgan fingerprint density at radius 3 is 2.33 bits per heavy atom. The van der Waals surface area contributed by atoms with Crippen molar-refractivity contribution >= 4 is 32.7 Å². The van der Waals surface area contributed by atoms with Crippen LogP contribution in [0.2, 0.25) is 0 Å². The number of rotatable bonds is 4. The maximum absolute atomic E-state index is 7.28. The molecule has 0 atom stereocenters. The molecule has 0 bridgehead atoms. The van der Waals surface area contributed by atoms with Gasteiger partial charge in [0.05, 0.1) is 5.58 Å². The van der Waals surface area contributed by atoms with Gasteiger partial charge in [-0.3, -0.25) is 4.98 Å². The van der Waals surface area contributed by atoms with E-state index in [4.69, 9.17) is 17.6 Å². The van der Waals surface area contributed by atoms with E-state index in [1.54, 1.807) is 12.1 Å². The van der Waals surface area contributed by atoms with Crippen molar-refractivity contribution in [2.75, 3.05) is 0 Å². The predicted molar refractivity (Wildman–Crippen MR) is 205 cm³/mol. The molecule has 9 rings (SSSR count). The van der Waals surface area contributed by atoms with Crippen molar-refractivity contribution in [2.24, 2.45) is 0 Å². The van der Waals surface area contributed by atoms with Crippen molar-refractivity contribution in [3.63, 3.8) is 0 Å². The Labute approximate surface area is 319 Å². The summed E-state index contributed by atoms with van der Waals surface area (Å²) in [5, 5.41) is 4.46. The molecule has 5 heteroatoms. The zero-order chi connectivity index (χ0) is 39.0. The molecule has 249 valence electrons. The molecular formula is C46H33IrN3O-2. The fraction of sp³-hybridized carbons (Fsp3) is 0.0652. The molecule has 9 aromatic rings. The molecule has 0 spiro atoms. The van der Waals surface area contributed by atoms with E-state index in [-0.39, 0.29) is 31.2 Å². The zero-order valence-corrected chi connectivity index (χ0v) is 29.8. The fourth-order valence-corrected chi connectivity index (χ4v) is 6.28. The van der Waals surface area contributed by atoms with Crippen LogP contribution in [-0.4, -0.2) is 15.0 Å². The van der Waals surface area contributed by atoms with Crippen molar-refractivity contribution in [3.05, 3.63) is 175 Å². The topological polar surface area (TPSA) is 51.8 Å². The summed E-state index contributed by atoms with van der Waals surface area (Å²) in [5.41, 5.74) is 10.5. The van der Waals surface area contributed by atoms with Gasteiger partial charge in [-0.05, 0) is 70.5 Å². The molecule has 51 heavy (non-hydrogen) atoms. The van der Waals surface area contributed by atoms with Crippen LogP contribution >= 0.6 is 0 Å². The number of pyridine rings is 3. The second kappa shape index (κ2) is 14.6. The van der Waals surface area contributed by atoms with Crippen LogP contribution in [0.3, 0.4) is 0 Å². The van der Waals surface area contributed by atoms with Crippen LogP contribution in [0.4, 0.5) is 0 Å². The average Bonchev–Trinajstić information content (AvgIpc) is 3.62. The van der Waals surface area contributed by atoms with Crippen LogP contribution in [-0.2, 0) is 20.1 Å². The molecule has 0 N–H and O–H groups in total. The molecule has 4 aromatic heterocycles. The minimum Gasteiger partial charge on any atom is -0.500 e. The largest absolute Gasteiger partial charge is 0.500 e. The average molecular weight is 842 g/mol. The first-order valence-corrected chi connectivity index (χ1v) is 16.2. The van der Waals surface area contributed by atoms with E-state index in [1.807, 2.05) is 42.9 Å². The third kappa shape index (κ3) is 6.74. The Hall–Kier alpha value is -5.74. The second-order valence-corrected chi connectivity index (χ2v) is 12.0. The number of nitrogens with zero attached hydrogens (tertiary/aromatic N) is 3. The van der Waals surface area contributed by atoms with Crippen molar-refractivity contribution in [1.29, 1.82) is 0 Å². The van der Waals surface area contributed by atoms with Crippen LogP contribution in [0.25, 0.3) is 77.5 Å². The molecule has 0 saturated carbocycles. The summed E-state index contributed by atoms with van der Waals surface area (Å²) < 4.78 is 50.4. The number of aromatic nitrogens is 3. The van der Waals surface area contributed by atoms with Crippen LogP contribution in [0.1, 0.15) is 24.9 Å². The van der Waals surface area contributed by atoms with Crippen LogP contribution < -0.4 is 0 Å². The summed E-state index contributed by atoms with van der Waals surface area (Å²) in [7, 11) is 0. The quantitative estimate of drug-likeness (QED) is 0.166. The van der Waals surface area contributed by atoms with Crippen molar-refractivity contribution in [2.45, 2.75) is 20.6 Å². The molecule has 1 radical (unpaired) electrons. The maximum atomic E-state index is 7.28. The summed E-state index contributed by atoms with van der Waals surface area (Å²) in [6.07, 6.45) is 6.91. The number of furan rings is 1.